The second-order valence-electron chi connectivity index (χ2n) is 5.81. The van der Waals surface area contributed by atoms with Crippen molar-refractivity contribution in [1.29, 1.82) is 0 Å². The Morgan fingerprint density at radius 2 is 1.92 bits per heavy atom. The molecule has 0 spiro atoms. The van der Waals surface area contributed by atoms with Crippen molar-refractivity contribution >= 4 is 16.8 Å². The van der Waals surface area contributed by atoms with Gasteiger partial charge in [0, 0.05) is 18.0 Å². The summed E-state index contributed by atoms with van der Waals surface area (Å²) in [7, 11) is 1.63. The number of fused-ring (bicyclic) bond motifs is 1. The maximum atomic E-state index is 13.3. The van der Waals surface area contributed by atoms with Crippen LogP contribution >= 0.6 is 0 Å². The molecule has 0 atom stereocenters. The lowest BCUT2D eigenvalue weighted by Gasteiger charge is -2.09. The Hall–Kier alpha value is -2.95. The van der Waals surface area contributed by atoms with Gasteiger partial charge in [0.05, 0.1) is 23.9 Å². The molecule has 0 unspecified atom stereocenters. The number of hydrogen-bond donors (Lipinski definition) is 1. The van der Waals surface area contributed by atoms with E-state index in [1.807, 2.05) is 24.3 Å². The molecule has 3 aromatic rings. The number of nitrogens with one attached hydrogen (secondary N) is 1. The Labute approximate surface area is 145 Å². The van der Waals surface area contributed by atoms with Crippen LogP contribution in [-0.4, -0.2) is 24.5 Å². The van der Waals surface area contributed by atoms with Crippen molar-refractivity contribution in [2.24, 2.45) is 0 Å². The van der Waals surface area contributed by atoms with Crippen molar-refractivity contribution in [3.63, 3.8) is 0 Å². The highest BCUT2D eigenvalue weighted by molar-refractivity contribution is 5.98. The first kappa shape index (κ1) is 16.9. The number of ether oxygens (including phenoxy) is 1. The smallest absolute Gasteiger partial charge is 0.253 e. The fourth-order valence-electron chi connectivity index (χ4n) is 2.67. The van der Waals surface area contributed by atoms with E-state index in [4.69, 9.17) is 4.74 Å². The Bertz CT molecular complexity index is 907. The van der Waals surface area contributed by atoms with E-state index in [9.17, 15) is 9.18 Å². The number of pyridine rings is 1. The predicted molar refractivity (Wildman–Crippen MR) is 95.5 cm³/mol. The molecule has 2 aromatic carbocycles. The first-order valence-corrected chi connectivity index (χ1v) is 8.05. The molecule has 0 fully saturated rings. The molecule has 1 heterocycles. The highest BCUT2D eigenvalue weighted by atomic mass is 19.1. The standard InChI is InChI=1S/C20H19FN2O2/c1-13-18(11-15-5-6-16(21)12-19(15)23-13)20(24)22-10-9-14-3-7-17(25-2)8-4-14/h3-8,11-12H,9-10H2,1-2H3,(H,22,24). The second-order valence-corrected chi connectivity index (χ2v) is 5.81. The van der Waals surface area contributed by atoms with Crippen molar-refractivity contribution in [2.75, 3.05) is 13.7 Å². The van der Waals surface area contributed by atoms with Crippen LogP contribution in [0.1, 0.15) is 21.6 Å². The maximum absolute atomic E-state index is 13.3. The minimum atomic E-state index is -0.337. The third-order valence-electron chi connectivity index (χ3n) is 4.07. The lowest BCUT2D eigenvalue weighted by atomic mass is 10.1. The third kappa shape index (κ3) is 3.94. The van der Waals surface area contributed by atoms with Gasteiger partial charge in [0.1, 0.15) is 11.6 Å². The van der Waals surface area contributed by atoms with Gasteiger partial charge in [0.2, 0.25) is 0 Å². The van der Waals surface area contributed by atoms with Crippen molar-refractivity contribution in [3.8, 4) is 5.75 Å². The summed E-state index contributed by atoms with van der Waals surface area (Å²) >= 11 is 0. The lowest BCUT2D eigenvalue weighted by molar-refractivity contribution is 0.0953. The molecule has 0 radical (unpaired) electrons. The molecular weight excluding hydrogens is 319 g/mol. The van der Waals surface area contributed by atoms with E-state index < -0.39 is 0 Å². The molecule has 0 aliphatic carbocycles. The zero-order valence-corrected chi connectivity index (χ0v) is 14.2. The maximum Gasteiger partial charge on any atom is 0.253 e. The molecular formula is C20H19FN2O2. The number of nitrogens with zero attached hydrogens (tertiary/aromatic N) is 1. The normalized spacial score (nSPS) is 10.7. The van der Waals surface area contributed by atoms with Crippen molar-refractivity contribution in [1.82, 2.24) is 10.3 Å². The number of halogens is 1. The van der Waals surface area contributed by atoms with Crippen LogP contribution < -0.4 is 10.1 Å². The van der Waals surface area contributed by atoms with E-state index >= 15 is 0 Å². The van der Waals surface area contributed by atoms with Gasteiger partial charge in [-0.25, -0.2) is 4.39 Å². The van der Waals surface area contributed by atoms with E-state index in [1.54, 1.807) is 26.2 Å². The fourth-order valence-corrected chi connectivity index (χ4v) is 2.67. The van der Waals surface area contributed by atoms with Gasteiger partial charge in [-0.15, -0.1) is 0 Å². The van der Waals surface area contributed by atoms with E-state index in [-0.39, 0.29) is 11.7 Å². The van der Waals surface area contributed by atoms with Crippen molar-refractivity contribution < 1.29 is 13.9 Å². The van der Waals surface area contributed by atoms with Gasteiger partial charge in [0.15, 0.2) is 0 Å². The Morgan fingerprint density at radius 1 is 1.16 bits per heavy atom. The second kappa shape index (κ2) is 7.30. The monoisotopic (exact) mass is 338 g/mol. The summed E-state index contributed by atoms with van der Waals surface area (Å²) in [5.41, 5.74) is 2.76. The Balaban J connectivity index is 1.67. The molecule has 1 amide bonds. The van der Waals surface area contributed by atoms with Crippen LogP contribution in [0.2, 0.25) is 0 Å². The molecule has 0 aliphatic heterocycles. The number of benzene rings is 2. The van der Waals surface area contributed by atoms with Crippen LogP contribution in [0.25, 0.3) is 10.9 Å². The predicted octanol–water partition coefficient (Wildman–Crippen LogP) is 3.66. The van der Waals surface area contributed by atoms with Crippen molar-refractivity contribution in [3.05, 3.63) is 71.2 Å². The number of rotatable bonds is 5. The average Bonchev–Trinajstić information content (AvgIpc) is 2.61. The number of amides is 1. The fraction of sp³-hybridized carbons (Fsp3) is 0.200. The minimum absolute atomic E-state index is 0.176. The number of carbonyl (C=O) groups is 1. The van der Waals surface area contributed by atoms with Gasteiger partial charge < -0.3 is 10.1 Å². The summed E-state index contributed by atoms with van der Waals surface area (Å²) < 4.78 is 18.4. The van der Waals surface area contributed by atoms with Crippen LogP contribution in [0, 0.1) is 12.7 Å². The first-order valence-electron chi connectivity index (χ1n) is 8.05. The summed E-state index contributed by atoms with van der Waals surface area (Å²) in [6.07, 6.45) is 0.723. The van der Waals surface area contributed by atoms with Gasteiger partial charge in [-0.3, -0.25) is 9.78 Å². The lowest BCUT2D eigenvalue weighted by Crippen LogP contribution is -2.26. The molecule has 1 N–H and O–H groups in total. The molecule has 3 rings (SSSR count). The highest BCUT2D eigenvalue weighted by Gasteiger charge is 2.11. The molecule has 0 saturated heterocycles. The first-order chi connectivity index (χ1) is 12.1. The summed E-state index contributed by atoms with van der Waals surface area (Å²) in [4.78, 5) is 16.7. The summed E-state index contributed by atoms with van der Waals surface area (Å²) in [5.74, 6) is 0.294. The van der Waals surface area contributed by atoms with E-state index in [2.05, 4.69) is 10.3 Å². The highest BCUT2D eigenvalue weighted by Crippen LogP contribution is 2.18. The summed E-state index contributed by atoms with van der Waals surface area (Å²) in [6, 6.07) is 13.9. The zero-order valence-electron chi connectivity index (χ0n) is 14.2. The molecule has 0 saturated carbocycles. The van der Waals surface area contributed by atoms with Crippen LogP contribution in [-0.2, 0) is 6.42 Å². The molecule has 128 valence electrons. The molecule has 0 bridgehead atoms. The minimum Gasteiger partial charge on any atom is -0.497 e. The average molecular weight is 338 g/mol. The molecule has 1 aromatic heterocycles. The Morgan fingerprint density at radius 3 is 2.64 bits per heavy atom. The molecule has 25 heavy (non-hydrogen) atoms. The molecule has 0 aliphatic rings. The van der Waals surface area contributed by atoms with Crippen molar-refractivity contribution in [2.45, 2.75) is 13.3 Å². The third-order valence-corrected chi connectivity index (χ3v) is 4.07. The Kier molecular flexibility index (Phi) is 4.93. The number of hydrogen-bond acceptors (Lipinski definition) is 3. The molecule has 4 nitrogen and oxygen atoms in total. The largest absolute Gasteiger partial charge is 0.497 e. The summed E-state index contributed by atoms with van der Waals surface area (Å²) in [6.45, 7) is 2.27. The van der Waals surface area contributed by atoms with Gasteiger partial charge >= 0.3 is 0 Å². The van der Waals surface area contributed by atoms with Gasteiger partial charge in [-0.1, -0.05) is 12.1 Å². The molecule has 5 heteroatoms. The number of aromatic nitrogens is 1. The van der Waals surface area contributed by atoms with Crippen LogP contribution in [0.15, 0.2) is 48.5 Å². The van der Waals surface area contributed by atoms with E-state index in [0.29, 0.717) is 23.3 Å². The zero-order chi connectivity index (χ0) is 17.8. The van der Waals surface area contributed by atoms with Gasteiger partial charge in [-0.05, 0) is 49.2 Å². The van der Waals surface area contributed by atoms with Crippen LogP contribution in [0.5, 0.6) is 5.75 Å². The number of carbonyl (C=O) groups excluding carboxylic acids is 1. The topological polar surface area (TPSA) is 51.2 Å². The van der Waals surface area contributed by atoms with Crippen LogP contribution in [0.3, 0.4) is 0 Å². The van der Waals surface area contributed by atoms with E-state index in [0.717, 1.165) is 23.1 Å². The SMILES string of the molecule is COc1ccc(CCNC(=O)c2cc3ccc(F)cc3nc2C)cc1. The number of methoxy groups -OCH3 is 1. The quantitative estimate of drug-likeness (QED) is 0.772. The van der Waals surface area contributed by atoms with Crippen LogP contribution in [0.4, 0.5) is 4.39 Å². The summed E-state index contributed by atoms with van der Waals surface area (Å²) in [5, 5.41) is 3.65. The van der Waals surface area contributed by atoms with E-state index in [1.165, 1.54) is 12.1 Å². The number of aryl methyl sites for hydroxylation is 1. The van der Waals surface area contributed by atoms with Gasteiger partial charge in [0.25, 0.3) is 5.91 Å². The van der Waals surface area contributed by atoms with Gasteiger partial charge in [-0.2, -0.15) is 0 Å².